The first-order valence-electron chi connectivity index (χ1n) is 0. The molecule has 0 aliphatic carbocycles. The Bertz CT molecular complexity index is 13.8. The fourth-order valence-corrected chi connectivity index (χ4v) is 0. The van der Waals surface area contributed by atoms with Gasteiger partial charge >= 0.3 is 106 Å². The second-order valence-corrected chi connectivity index (χ2v) is 0. The third-order valence-corrected chi connectivity index (χ3v) is 0. The van der Waals surface area contributed by atoms with E-state index in [1.807, 2.05) is 0 Å². The van der Waals surface area contributed by atoms with E-state index in [0.29, 0.717) is 0 Å². The molecule has 0 aromatic carbocycles. The molecule has 0 bridgehead atoms. The van der Waals surface area contributed by atoms with Crippen LogP contribution in [0.25, 0.3) is 0 Å². The Morgan fingerprint density at radius 1 is 0.143 bits per heavy atom. The minimum absolute atomic E-state index is 0. The third kappa shape index (κ3) is 118. The van der Waals surface area contributed by atoms with E-state index in [-0.39, 0.29) is 244 Å². The van der Waals surface area contributed by atoms with Crippen LogP contribution in [0, 0.1) is 0 Å². The summed E-state index contributed by atoms with van der Waals surface area (Å²) in [5.41, 5.74) is 0. The summed E-state index contributed by atoms with van der Waals surface area (Å²) < 4.78 is 0. The van der Waals surface area contributed by atoms with Gasteiger partial charge in [-0.15, -0.1) is 0 Å². The normalized spacial score (nSPS) is 0. The van der Waals surface area contributed by atoms with E-state index in [9.17, 15) is 0 Å². The summed E-state index contributed by atoms with van der Waals surface area (Å²) in [6.07, 6.45) is 0. The van der Waals surface area contributed by atoms with Crippen LogP contribution >= 0.6 is 0 Å². The molecule has 0 spiro atoms. The van der Waals surface area contributed by atoms with Crippen molar-refractivity contribution >= 4 is 244 Å². The van der Waals surface area contributed by atoms with Gasteiger partial charge in [0.25, 0.3) is 0 Å². The maximum atomic E-state index is 0. The fourth-order valence-electron chi connectivity index (χ4n) is 0. The van der Waals surface area contributed by atoms with Crippen molar-refractivity contribution in [3.05, 3.63) is 0 Å². The Morgan fingerprint density at radius 3 is 0.143 bits per heavy atom. The van der Waals surface area contributed by atoms with E-state index >= 15 is 0 Å². The van der Waals surface area contributed by atoms with Crippen LogP contribution in [-0.4, -0.2) is 244 Å². The Labute approximate surface area is 239 Å². The number of rotatable bonds is 0. The van der Waals surface area contributed by atoms with Gasteiger partial charge in [-0.05, 0) is 0 Å². The Morgan fingerprint density at radius 2 is 0.143 bits per heavy atom. The topological polar surface area (TPSA) is 0 Å². The van der Waals surface area contributed by atoms with Gasteiger partial charge in [-0.25, -0.2) is 0 Å². The van der Waals surface area contributed by atoms with Gasteiger partial charge in [0.05, 0.1) is 0 Å². The van der Waals surface area contributed by atoms with Gasteiger partial charge in [0.1, 0.15) is 0 Å². The average molecular weight is 700 g/mol. The molecule has 0 radical (unpaired) electrons. The van der Waals surface area contributed by atoms with Crippen LogP contribution in [0.5, 0.6) is 0 Å². The molecule has 0 aliphatic heterocycles. The molecule has 0 aromatic heterocycles. The zero-order valence-electron chi connectivity index (χ0n) is 0. The van der Waals surface area contributed by atoms with E-state index < -0.39 is 0 Å². The Hall–Kier alpha value is 7.52. The van der Waals surface area contributed by atoms with E-state index in [0.717, 1.165) is 0 Å². The molecule has 0 fully saturated rings. The zero-order chi connectivity index (χ0) is 0. The van der Waals surface area contributed by atoms with Crippen LogP contribution in [0.4, 0.5) is 0 Å². The van der Waals surface area contributed by atoms with Gasteiger partial charge in [-0.3, -0.25) is 0 Å². The zero-order valence-corrected chi connectivity index (χ0v) is 0. The van der Waals surface area contributed by atoms with Gasteiger partial charge in [0, 0.05) is 0 Å². The quantitative estimate of drug-likeness (QED) is 0.221. The Balaban J connectivity index is 0. The molecule has 14 heteroatoms. The summed E-state index contributed by atoms with van der Waals surface area (Å²) in [4.78, 5) is 0. The van der Waals surface area contributed by atoms with E-state index in [2.05, 4.69) is 0 Å². The SMILES string of the molecule is [AlH3].[AlH3].[AlH3].[AlH3].[AlH3].[AlH3].[AlH3].[AlH3].[GeH4].[GeH4].[GeH4].[GeH4].[GeH4].[GeH4]. The summed E-state index contributed by atoms with van der Waals surface area (Å²) >= 11 is 0. The molecule has 0 saturated carbocycles. The van der Waals surface area contributed by atoms with Gasteiger partial charge in [0.15, 0.2) is 139 Å². The fraction of sp³-hybridized carbons (Fsp3) is 0. The molecule has 0 unspecified atom stereocenters. The molecule has 0 nitrogen and oxygen atoms in total. The number of hydrogen-bond acceptors (Lipinski definition) is 0. The summed E-state index contributed by atoms with van der Waals surface area (Å²) in [6.45, 7) is 0. The van der Waals surface area contributed by atoms with Crippen LogP contribution in [0.2, 0.25) is 0 Å². The van der Waals surface area contributed by atoms with Crippen molar-refractivity contribution < 1.29 is 0 Å². The van der Waals surface area contributed by atoms with E-state index in [4.69, 9.17) is 0 Å². The van der Waals surface area contributed by atoms with Crippen molar-refractivity contribution in [2.24, 2.45) is 0 Å². The first kappa shape index (κ1) is 160. The van der Waals surface area contributed by atoms with Crippen LogP contribution in [-0.2, 0) is 0 Å². The summed E-state index contributed by atoms with van der Waals surface area (Å²) in [5.74, 6) is 0. The van der Waals surface area contributed by atoms with Crippen molar-refractivity contribution in [3.63, 3.8) is 0 Å². The first-order valence-corrected chi connectivity index (χ1v) is 0. The standard InChI is InChI=1S/8Al.6GeH4.24H/h;;;;;;;;6*1H4;;;;;;;;;;;;;;;;;;;;;;;;. The molecule has 0 heterocycles. The van der Waals surface area contributed by atoms with Gasteiger partial charge in [-0.2, -0.15) is 0 Å². The van der Waals surface area contributed by atoms with Gasteiger partial charge < -0.3 is 0 Å². The van der Waals surface area contributed by atoms with Crippen LogP contribution in [0.1, 0.15) is 0 Å². The van der Waals surface area contributed by atoms with Gasteiger partial charge in [0.2, 0.25) is 0 Å². The molecule has 0 N–H and O–H groups in total. The van der Waals surface area contributed by atoms with Crippen molar-refractivity contribution in [1.29, 1.82) is 0 Å². The van der Waals surface area contributed by atoms with Crippen molar-refractivity contribution in [3.8, 4) is 0 Å². The molecule has 0 atom stereocenters. The molecule has 14 heavy (non-hydrogen) atoms. The second-order valence-electron chi connectivity index (χ2n) is 0. The molecule has 0 saturated heterocycles. The van der Waals surface area contributed by atoms with Crippen LogP contribution < -0.4 is 0 Å². The van der Waals surface area contributed by atoms with Crippen LogP contribution in [0.3, 0.4) is 0 Å². The van der Waals surface area contributed by atoms with E-state index in [1.54, 1.807) is 0 Å². The third-order valence-electron chi connectivity index (χ3n) is 0. The molecule has 0 amide bonds. The van der Waals surface area contributed by atoms with Crippen molar-refractivity contribution in [2.45, 2.75) is 0 Å². The van der Waals surface area contributed by atoms with Crippen molar-refractivity contribution in [2.75, 3.05) is 0 Å². The van der Waals surface area contributed by atoms with Gasteiger partial charge in [-0.1, -0.05) is 0 Å². The molecule has 0 aromatic rings. The maximum absolute atomic E-state index is 0. The van der Waals surface area contributed by atoms with Crippen molar-refractivity contribution in [1.82, 2.24) is 0 Å². The monoisotopic (exact) mass is 708 g/mol. The Kier molecular flexibility index (Phi) is 1580. The average Bonchev–Trinajstić information content (AvgIpc) is 0. The second kappa shape index (κ2) is 138. The summed E-state index contributed by atoms with van der Waals surface area (Å²) in [5, 5.41) is 0. The number of hydrogen-bond donors (Lipinski definition) is 0. The van der Waals surface area contributed by atoms with Crippen LogP contribution in [0.15, 0.2) is 0 Å². The molecule has 0 aliphatic rings. The first-order chi connectivity index (χ1) is 0. The van der Waals surface area contributed by atoms with E-state index in [1.165, 1.54) is 0 Å². The molecule has 96 valence electrons. The minimum atomic E-state index is 0. The predicted octanol–water partition coefficient (Wildman–Crippen LogP) is -18.2. The summed E-state index contributed by atoms with van der Waals surface area (Å²) in [7, 11) is 0. The summed E-state index contributed by atoms with van der Waals surface area (Å²) in [6, 6.07) is 0. The molecular weight excluding hydrogens is 652 g/mol. The predicted molar refractivity (Wildman–Crippen MR) is 148 cm³/mol. The molecule has 0 rings (SSSR count). The molecular formula is H48Al8Ge6.